The van der Waals surface area contributed by atoms with E-state index in [1.165, 1.54) is 0 Å². The van der Waals surface area contributed by atoms with E-state index in [2.05, 4.69) is 33.3 Å². The zero-order valence-corrected chi connectivity index (χ0v) is 16.9. The van der Waals surface area contributed by atoms with Gasteiger partial charge in [0.2, 0.25) is 0 Å². The number of nitrogens with one attached hydrogen (secondary N) is 1. The molecule has 3 aliphatic heterocycles. The zero-order chi connectivity index (χ0) is 20.2. The molecule has 6 rings (SSSR count). The van der Waals surface area contributed by atoms with Gasteiger partial charge >= 0.3 is 0 Å². The molecule has 0 aliphatic carbocycles. The Morgan fingerprint density at radius 3 is 2.57 bits per heavy atom. The van der Waals surface area contributed by atoms with E-state index in [-0.39, 0.29) is 0 Å². The molecule has 3 aromatic rings. The second-order valence-electron chi connectivity index (χ2n) is 7.35. The topological polar surface area (TPSA) is 51.4 Å². The predicted molar refractivity (Wildman–Crippen MR) is 122 cm³/mol. The molecule has 1 N–H and O–H groups in total. The molecular formula is C24H17ClN4O. The van der Waals surface area contributed by atoms with Crippen molar-refractivity contribution in [3.63, 3.8) is 0 Å². The van der Waals surface area contributed by atoms with Gasteiger partial charge in [-0.2, -0.15) is 5.10 Å². The van der Waals surface area contributed by atoms with Gasteiger partial charge in [-0.1, -0.05) is 35.9 Å². The third kappa shape index (κ3) is 2.49. The summed E-state index contributed by atoms with van der Waals surface area (Å²) in [5.41, 5.74) is 7.32. The highest BCUT2D eigenvalue weighted by Gasteiger charge is 2.26. The van der Waals surface area contributed by atoms with Gasteiger partial charge < -0.3 is 9.30 Å². The molecule has 0 saturated heterocycles. The number of rotatable bonds is 2. The zero-order valence-electron chi connectivity index (χ0n) is 16.2. The Labute approximate surface area is 177 Å². The van der Waals surface area contributed by atoms with Gasteiger partial charge in [-0.25, -0.2) is 4.98 Å². The van der Waals surface area contributed by atoms with E-state index >= 15 is 0 Å². The summed E-state index contributed by atoms with van der Waals surface area (Å²) in [6.07, 6.45) is 0. The molecule has 0 spiro atoms. The Hall–Kier alpha value is -3.57. The number of nitrogens with zero attached hydrogens (tertiary/aromatic N) is 3. The van der Waals surface area contributed by atoms with E-state index in [0.717, 1.165) is 55.9 Å². The molecule has 146 valence electrons. The fourth-order valence-electron chi connectivity index (χ4n) is 4.24. The van der Waals surface area contributed by atoms with Crippen molar-refractivity contribution in [2.45, 2.75) is 6.54 Å². The van der Waals surface area contributed by atoms with Crippen LogP contribution in [0.3, 0.4) is 0 Å². The number of pyridine rings is 1. The third-order valence-electron chi connectivity index (χ3n) is 5.68. The SMILES string of the molecule is COc1ccc(C2=NNc3c4ccccc4c4c5cc(Cl)ccc5nc-4n3C2)cc1. The van der Waals surface area contributed by atoms with Crippen molar-refractivity contribution in [2.24, 2.45) is 5.10 Å². The number of halogens is 1. The molecule has 3 aliphatic rings. The Bertz CT molecular complexity index is 1440. The fraction of sp³-hybridized carbons (Fsp3) is 0.0833. The van der Waals surface area contributed by atoms with Gasteiger partial charge in [0, 0.05) is 21.4 Å². The standard InChI is InChI=1S/C24H17ClN4O/c1-30-16-9-6-14(7-10-16)21-13-29-23(28-27-21)18-5-3-2-4-17(18)22-19-12-15(25)8-11-20(19)26-24(22)29/h2-12,28H,13H2,1H3. The predicted octanol–water partition coefficient (Wildman–Crippen LogP) is 5.79. The van der Waals surface area contributed by atoms with E-state index in [4.69, 9.17) is 21.3 Å². The van der Waals surface area contributed by atoms with Gasteiger partial charge in [0.15, 0.2) is 0 Å². The van der Waals surface area contributed by atoms with Crippen LogP contribution in [0.15, 0.2) is 71.8 Å². The number of hydrogen-bond acceptors (Lipinski definition) is 4. The molecule has 3 aromatic carbocycles. The van der Waals surface area contributed by atoms with Gasteiger partial charge in [-0.3, -0.25) is 5.43 Å². The molecule has 0 unspecified atom stereocenters. The summed E-state index contributed by atoms with van der Waals surface area (Å²) < 4.78 is 7.49. The summed E-state index contributed by atoms with van der Waals surface area (Å²) in [7, 11) is 1.67. The summed E-state index contributed by atoms with van der Waals surface area (Å²) in [6.45, 7) is 0.618. The number of hydrazone groups is 1. The number of hydrogen-bond donors (Lipinski definition) is 1. The van der Waals surface area contributed by atoms with E-state index < -0.39 is 0 Å². The first-order valence-electron chi connectivity index (χ1n) is 9.70. The summed E-state index contributed by atoms with van der Waals surface area (Å²) in [4.78, 5) is 4.96. The number of fused-ring (bicyclic) bond motifs is 8. The number of methoxy groups -OCH3 is 1. The van der Waals surface area contributed by atoms with Crippen molar-refractivity contribution >= 4 is 44.8 Å². The minimum Gasteiger partial charge on any atom is -0.497 e. The molecule has 0 amide bonds. The van der Waals surface area contributed by atoms with Crippen molar-refractivity contribution in [3.8, 4) is 17.1 Å². The van der Waals surface area contributed by atoms with Crippen molar-refractivity contribution < 1.29 is 4.74 Å². The molecule has 5 nitrogen and oxygen atoms in total. The van der Waals surface area contributed by atoms with Gasteiger partial charge in [0.25, 0.3) is 0 Å². The minimum atomic E-state index is 0.618. The lowest BCUT2D eigenvalue weighted by Crippen LogP contribution is -2.23. The van der Waals surface area contributed by atoms with Gasteiger partial charge in [-0.15, -0.1) is 0 Å². The first kappa shape index (κ1) is 17.3. The molecule has 6 heteroatoms. The first-order valence-corrected chi connectivity index (χ1v) is 10.1. The summed E-state index contributed by atoms with van der Waals surface area (Å²) in [6, 6.07) is 22.2. The summed E-state index contributed by atoms with van der Waals surface area (Å²) >= 11 is 6.32. The molecule has 0 radical (unpaired) electrons. The van der Waals surface area contributed by atoms with Crippen LogP contribution in [0.1, 0.15) is 5.56 Å². The Morgan fingerprint density at radius 1 is 0.967 bits per heavy atom. The lowest BCUT2D eigenvalue weighted by Gasteiger charge is -2.25. The van der Waals surface area contributed by atoms with Crippen LogP contribution in [0.2, 0.25) is 5.02 Å². The maximum absolute atomic E-state index is 6.32. The summed E-state index contributed by atoms with van der Waals surface area (Å²) in [5, 5.41) is 8.70. The molecular weight excluding hydrogens is 396 g/mol. The van der Waals surface area contributed by atoms with Crippen LogP contribution in [0.5, 0.6) is 5.75 Å². The number of ether oxygens (including phenoxy) is 1. The molecule has 0 aromatic heterocycles. The second kappa shape index (κ2) is 6.47. The highest BCUT2D eigenvalue weighted by atomic mass is 35.5. The van der Waals surface area contributed by atoms with Crippen LogP contribution in [-0.2, 0) is 6.54 Å². The molecule has 0 bridgehead atoms. The average molecular weight is 413 g/mol. The highest BCUT2D eigenvalue weighted by molar-refractivity contribution is 6.31. The van der Waals surface area contributed by atoms with Gasteiger partial charge in [-0.05, 0) is 53.4 Å². The van der Waals surface area contributed by atoms with Crippen molar-refractivity contribution in [1.82, 2.24) is 9.55 Å². The Morgan fingerprint density at radius 2 is 1.77 bits per heavy atom. The van der Waals surface area contributed by atoms with Crippen LogP contribution >= 0.6 is 11.6 Å². The van der Waals surface area contributed by atoms with Gasteiger partial charge in [0.05, 0.1) is 24.9 Å². The second-order valence-corrected chi connectivity index (χ2v) is 7.79. The van der Waals surface area contributed by atoms with Crippen LogP contribution in [0, 0.1) is 0 Å². The van der Waals surface area contributed by atoms with Crippen molar-refractivity contribution in [3.05, 3.63) is 77.3 Å². The highest BCUT2D eigenvalue weighted by Crippen LogP contribution is 2.42. The average Bonchev–Trinajstić information content (AvgIpc) is 3.18. The monoisotopic (exact) mass is 412 g/mol. The van der Waals surface area contributed by atoms with Crippen LogP contribution < -0.4 is 10.2 Å². The minimum absolute atomic E-state index is 0.618. The molecule has 0 fully saturated rings. The fourth-order valence-corrected chi connectivity index (χ4v) is 4.41. The molecule has 3 heterocycles. The molecule has 0 atom stereocenters. The van der Waals surface area contributed by atoms with E-state index in [1.807, 2.05) is 48.5 Å². The number of aromatic nitrogens is 2. The number of anilines is 1. The van der Waals surface area contributed by atoms with Crippen LogP contribution in [0.25, 0.3) is 33.1 Å². The van der Waals surface area contributed by atoms with Gasteiger partial charge in [0.1, 0.15) is 17.4 Å². The third-order valence-corrected chi connectivity index (χ3v) is 5.92. The van der Waals surface area contributed by atoms with E-state index in [9.17, 15) is 0 Å². The molecule has 30 heavy (non-hydrogen) atoms. The lowest BCUT2D eigenvalue weighted by molar-refractivity contribution is 0.415. The smallest absolute Gasteiger partial charge is 0.143 e. The Kier molecular flexibility index (Phi) is 3.73. The quantitative estimate of drug-likeness (QED) is 0.399. The number of benzene rings is 3. The first-order chi connectivity index (χ1) is 14.7. The van der Waals surface area contributed by atoms with Crippen LogP contribution in [0.4, 0.5) is 5.82 Å². The van der Waals surface area contributed by atoms with E-state index in [1.54, 1.807) is 7.11 Å². The van der Waals surface area contributed by atoms with Crippen molar-refractivity contribution in [1.29, 1.82) is 0 Å². The largest absolute Gasteiger partial charge is 0.497 e. The lowest BCUT2D eigenvalue weighted by atomic mass is 10.0. The van der Waals surface area contributed by atoms with Crippen molar-refractivity contribution in [2.75, 3.05) is 12.5 Å². The Balaban J connectivity index is 1.59. The molecule has 0 saturated carbocycles. The maximum Gasteiger partial charge on any atom is 0.143 e. The normalized spacial score (nSPS) is 13.3. The summed E-state index contributed by atoms with van der Waals surface area (Å²) in [5.74, 6) is 2.70. The maximum atomic E-state index is 6.32. The van der Waals surface area contributed by atoms with Crippen LogP contribution in [-0.4, -0.2) is 22.4 Å². The van der Waals surface area contributed by atoms with E-state index in [0.29, 0.717) is 11.6 Å².